The SMILES string of the molecule is CCN[C@H](C)CNS(=O)(=O)c1cn2c(n1)CCCC2.Cl. The minimum atomic E-state index is -3.49. The molecule has 1 aromatic rings. The Balaban J connectivity index is 0.00000200. The molecule has 0 saturated heterocycles. The van der Waals surface area contributed by atoms with E-state index in [0.717, 1.165) is 38.2 Å². The molecule has 0 saturated carbocycles. The molecule has 1 aliphatic heterocycles. The largest absolute Gasteiger partial charge is 0.333 e. The standard InChI is InChI=1S/C12H22N4O2S.ClH/c1-3-13-10(2)8-14-19(17,18)12-9-16-7-5-4-6-11(16)15-12;/h9-10,13-14H,3-8H2,1-2H3;1H/t10-;/m1./s1. The second-order valence-electron chi connectivity index (χ2n) is 4.96. The first kappa shape index (κ1) is 17.4. The fourth-order valence-corrected chi connectivity index (χ4v) is 3.35. The van der Waals surface area contributed by atoms with Crippen molar-refractivity contribution in [1.29, 1.82) is 0 Å². The summed E-state index contributed by atoms with van der Waals surface area (Å²) in [6.07, 6.45) is 4.69. The van der Waals surface area contributed by atoms with Crippen LogP contribution in [-0.4, -0.2) is 37.1 Å². The van der Waals surface area contributed by atoms with Crippen molar-refractivity contribution in [2.24, 2.45) is 0 Å². The normalized spacial score (nSPS) is 16.3. The first-order valence-corrected chi connectivity index (χ1v) is 8.30. The molecule has 8 heteroatoms. The molecule has 6 nitrogen and oxygen atoms in total. The van der Waals surface area contributed by atoms with E-state index in [1.54, 1.807) is 6.20 Å². The molecule has 1 aromatic heterocycles. The highest BCUT2D eigenvalue weighted by Gasteiger charge is 2.21. The van der Waals surface area contributed by atoms with Crippen LogP contribution in [-0.2, 0) is 23.0 Å². The molecule has 0 unspecified atom stereocenters. The quantitative estimate of drug-likeness (QED) is 0.816. The second kappa shape index (κ2) is 7.40. The third kappa shape index (κ3) is 4.18. The van der Waals surface area contributed by atoms with Gasteiger partial charge in [0.15, 0.2) is 5.03 Å². The Morgan fingerprint density at radius 2 is 2.20 bits per heavy atom. The number of halogens is 1. The fourth-order valence-electron chi connectivity index (χ4n) is 2.25. The van der Waals surface area contributed by atoms with E-state index in [1.165, 1.54) is 0 Å². The lowest BCUT2D eigenvalue weighted by molar-refractivity contribution is 0.522. The topological polar surface area (TPSA) is 76.0 Å². The fraction of sp³-hybridized carbons (Fsp3) is 0.750. The molecule has 1 aliphatic rings. The zero-order chi connectivity index (χ0) is 13.9. The highest BCUT2D eigenvalue weighted by atomic mass is 35.5. The summed E-state index contributed by atoms with van der Waals surface area (Å²) >= 11 is 0. The third-order valence-corrected chi connectivity index (χ3v) is 4.59. The smallest absolute Gasteiger partial charge is 0.259 e. The average molecular weight is 323 g/mol. The van der Waals surface area contributed by atoms with Crippen LogP contribution in [0.2, 0.25) is 0 Å². The Bertz CT molecular complexity index is 506. The lowest BCUT2D eigenvalue weighted by Crippen LogP contribution is -2.38. The molecule has 0 aliphatic carbocycles. The predicted octanol–water partition coefficient (Wildman–Crippen LogP) is 0.917. The molecule has 1 atom stereocenters. The minimum absolute atomic E-state index is 0. The zero-order valence-electron chi connectivity index (χ0n) is 11.9. The first-order chi connectivity index (χ1) is 9.03. The number of sulfonamides is 1. The number of hydrogen-bond acceptors (Lipinski definition) is 4. The summed E-state index contributed by atoms with van der Waals surface area (Å²) in [6, 6.07) is 0.108. The Labute approximate surface area is 126 Å². The van der Waals surface area contributed by atoms with Crippen molar-refractivity contribution in [3.05, 3.63) is 12.0 Å². The Morgan fingerprint density at radius 3 is 2.85 bits per heavy atom. The summed E-state index contributed by atoms with van der Waals surface area (Å²) in [4.78, 5) is 4.24. The molecule has 20 heavy (non-hydrogen) atoms. The van der Waals surface area contributed by atoms with E-state index >= 15 is 0 Å². The van der Waals surface area contributed by atoms with Crippen LogP contribution in [0.1, 0.15) is 32.5 Å². The number of nitrogens with one attached hydrogen (secondary N) is 2. The van der Waals surface area contributed by atoms with Gasteiger partial charge < -0.3 is 9.88 Å². The van der Waals surface area contributed by atoms with Crippen molar-refractivity contribution in [1.82, 2.24) is 19.6 Å². The van der Waals surface area contributed by atoms with Gasteiger partial charge in [-0.25, -0.2) is 18.1 Å². The van der Waals surface area contributed by atoms with E-state index in [2.05, 4.69) is 15.0 Å². The van der Waals surface area contributed by atoms with E-state index in [-0.39, 0.29) is 23.5 Å². The molecule has 2 rings (SSSR count). The van der Waals surface area contributed by atoms with Crippen molar-refractivity contribution in [3.8, 4) is 0 Å². The van der Waals surface area contributed by atoms with Crippen molar-refractivity contribution in [2.45, 2.75) is 50.7 Å². The number of fused-ring (bicyclic) bond motifs is 1. The second-order valence-corrected chi connectivity index (χ2v) is 6.67. The van der Waals surface area contributed by atoms with E-state index in [0.29, 0.717) is 6.54 Å². The van der Waals surface area contributed by atoms with Crippen LogP contribution in [0.3, 0.4) is 0 Å². The van der Waals surface area contributed by atoms with Crippen molar-refractivity contribution >= 4 is 22.4 Å². The van der Waals surface area contributed by atoms with E-state index in [9.17, 15) is 8.42 Å². The van der Waals surface area contributed by atoms with E-state index in [1.807, 2.05) is 18.4 Å². The zero-order valence-corrected chi connectivity index (χ0v) is 13.6. The number of aromatic nitrogens is 2. The number of imidazole rings is 1. The van der Waals surface area contributed by atoms with Crippen LogP contribution < -0.4 is 10.0 Å². The molecule has 0 fully saturated rings. The van der Waals surface area contributed by atoms with Gasteiger partial charge in [0.25, 0.3) is 10.0 Å². The van der Waals surface area contributed by atoms with Gasteiger partial charge in [-0.15, -0.1) is 12.4 Å². The molecule has 0 aromatic carbocycles. The summed E-state index contributed by atoms with van der Waals surface area (Å²) in [5, 5.41) is 3.31. The maximum Gasteiger partial charge on any atom is 0.259 e. The van der Waals surface area contributed by atoms with Gasteiger partial charge in [0, 0.05) is 31.7 Å². The predicted molar refractivity (Wildman–Crippen MR) is 80.7 cm³/mol. The van der Waals surface area contributed by atoms with Gasteiger partial charge in [0.1, 0.15) is 5.82 Å². The average Bonchev–Trinajstić information content (AvgIpc) is 2.81. The molecule has 2 heterocycles. The summed E-state index contributed by atoms with van der Waals surface area (Å²) in [6.45, 7) is 6.00. The molecule has 0 amide bonds. The molecular formula is C12H23ClN4O2S. The number of rotatable bonds is 6. The van der Waals surface area contributed by atoms with Gasteiger partial charge in [-0.1, -0.05) is 6.92 Å². The van der Waals surface area contributed by atoms with Crippen molar-refractivity contribution in [2.75, 3.05) is 13.1 Å². The first-order valence-electron chi connectivity index (χ1n) is 6.82. The molecule has 116 valence electrons. The van der Waals surface area contributed by atoms with Crippen LogP contribution in [0.25, 0.3) is 0 Å². The molecule has 2 N–H and O–H groups in total. The van der Waals surface area contributed by atoms with Gasteiger partial charge in [-0.2, -0.15) is 0 Å². The minimum Gasteiger partial charge on any atom is -0.333 e. The van der Waals surface area contributed by atoms with Crippen LogP contribution in [0, 0.1) is 0 Å². The number of aryl methyl sites for hydroxylation is 2. The van der Waals surface area contributed by atoms with Crippen LogP contribution in [0.4, 0.5) is 0 Å². The number of hydrogen-bond donors (Lipinski definition) is 2. The van der Waals surface area contributed by atoms with E-state index in [4.69, 9.17) is 0 Å². The molecule has 0 spiro atoms. The Morgan fingerprint density at radius 1 is 1.45 bits per heavy atom. The highest BCUT2D eigenvalue weighted by Crippen LogP contribution is 2.17. The van der Waals surface area contributed by atoms with Crippen LogP contribution in [0.15, 0.2) is 11.2 Å². The van der Waals surface area contributed by atoms with Gasteiger partial charge in [0.05, 0.1) is 0 Å². The van der Waals surface area contributed by atoms with Gasteiger partial charge in [0.2, 0.25) is 0 Å². The Kier molecular flexibility index (Phi) is 6.44. The molecular weight excluding hydrogens is 300 g/mol. The monoisotopic (exact) mass is 322 g/mol. The van der Waals surface area contributed by atoms with Gasteiger partial charge in [-0.3, -0.25) is 0 Å². The third-order valence-electron chi connectivity index (χ3n) is 3.29. The summed E-state index contributed by atoms with van der Waals surface area (Å²) in [5.41, 5.74) is 0. The van der Waals surface area contributed by atoms with Gasteiger partial charge >= 0.3 is 0 Å². The number of likely N-dealkylation sites (N-methyl/N-ethyl adjacent to an activating group) is 1. The van der Waals surface area contributed by atoms with Crippen molar-refractivity contribution in [3.63, 3.8) is 0 Å². The maximum atomic E-state index is 12.1. The lowest BCUT2D eigenvalue weighted by Gasteiger charge is -2.12. The lowest BCUT2D eigenvalue weighted by atomic mass is 10.2. The summed E-state index contributed by atoms with van der Waals surface area (Å²) in [5.74, 6) is 0.881. The van der Waals surface area contributed by atoms with Crippen LogP contribution >= 0.6 is 12.4 Å². The molecule has 0 radical (unpaired) electrons. The Hall–Kier alpha value is -0.630. The summed E-state index contributed by atoms with van der Waals surface area (Å²) < 4.78 is 28.8. The maximum absolute atomic E-state index is 12.1. The number of nitrogens with zero attached hydrogens (tertiary/aromatic N) is 2. The molecule has 0 bridgehead atoms. The van der Waals surface area contributed by atoms with E-state index < -0.39 is 10.0 Å². The van der Waals surface area contributed by atoms with Gasteiger partial charge in [-0.05, 0) is 26.3 Å². The highest BCUT2D eigenvalue weighted by molar-refractivity contribution is 7.89. The summed E-state index contributed by atoms with van der Waals surface area (Å²) in [7, 11) is -3.49. The van der Waals surface area contributed by atoms with Crippen molar-refractivity contribution < 1.29 is 8.42 Å². The van der Waals surface area contributed by atoms with Crippen LogP contribution in [0.5, 0.6) is 0 Å².